The molecule has 3 heterocycles. The maximum absolute atomic E-state index is 13.6. The second kappa shape index (κ2) is 11.2. The van der Waals surface area contributed by atoms with E-state index in [1.807, 2.05) is 38.1 Å². The van der Waals surface area contributed by atoms with Crippen LogP contribution >= 0.6 is 0 Å². The van der Waals surface area contributed by atoms with E-state index in [0.29, 0.717) is 16.6 Å². The van der Waals surface area contributed by atoms with E-state index < -0.39 is 17.7 Å². The molecule has 2 aromatic carbocycles. The normalized spacial score (nSPS) is 14.4. The van der Waals surface area contributed by atoms with Gasteiger partial charge in [-0.25, -0.2) is 14.5 Å². The molecule has 41 heavy (non-hydrogen) atoms. The van der Waals surface area contributed by atoms with Crippen molar-refractivity contribution in [1.82, 2.24) is 14.8 Å². The lowest BCUT2D eigenvalue weighted by Gasteiger charge is -2.31. The number of halogens is 3. The highest BCUT2D eigenvalue weighted by molar-refractivity contribution is 6.00. The summed E-state index contributed by atoms with van der Waals surface area (Å²) in [5, 5.41) is 14.6. The molecule has 10 heteroatoms. The molecule has 0 atom stereocenters. The molecule has 0 unspecified atom stereocenters. The number of nitrogens with zero attached hydrogens (tertiary/aromatic N) is 5. The molecule has 5 rings (SSSR count). The number of esters is 1. The van der Waals surface area contributed by atoms with Crippen LogP contribution in [0.1, 0.15) is 61.3 Å². The number of carbonyl (C=O) groups excluding carboxylic acids is 1. The zero-order valence-corrected chi connectivity index (χ0v) is 23.1. The second-order valence-corrected chi connectivity index (χ2v) is 10.4. The van der Waals surface area contributed by atoms with Crippen LogP contribution < -0.4 is 4.90 Å². The Morgan fingerprint density at radius 1 is 1.10 bits per heavy atom. The van der Waals surface area contributed by atoms with Gasteiger partial charge in [0.05, 0.1) is 35.0 Å². The molecule has 0 radical (unpaired) electrons. The Balaban J connectivity index is 1.67. The van der Waals surface area contributed by atoms with Crippen molar-refractivity contribution < 1.29 is 22.7 Å². The van der Waals surface area contributed by atoms with E-state index in [4.69, 9.17) is 9.84 Å². The first kappa shape index (κ1) is 28.1. The number of pyridine rings is 1. The summed E-state index contributed by atoms with van der Waals surface area (Å²) >= 11 is 0. The number of fused-ring (bicyclic) bond motifs is 1. The number of alkyl halides is 3. The summed E-state index contributed by atoms with van der Waals surface area (Å²) in [4.78, 5) is 19.7. The Morgan fingerprint density at radius 3 is 2.41 bits per heavy atom. The standard InChI is InChI=1S/C31H30F3N5O2/c1-4-41-30(40)26-17-25(21-8-10-23(11-9-21)38-14-12-20(18-35)13-15-38)27-28(19(2)3)37-39(29(27)36-26)24-7-5-6-22(16-24)31(32,33)34/h5-11,16-17,19-20H,4,12-15H2,1-3H3. The van der Waals surface area contributed by atoms with Crippen molar-refractivity contribution in [3.8, 4) is 22.9 Å². The summed E-state index contributed by atoms with van der Waals surface area (Å²) in [6.45, 7) is 7.34. The third-order valence-corrected chi connectivity index (χ3v) is 7.34. The second-order valence-electron chi connectivity index (χ2n) is 10.4. The minimum Gasteiger partial charge on any atom is -0.461 e. The van der Waals surface area contributed by atoms with Gasteiger partial charge in [0.15, 0.2) is 11.3 Å². The Hall–Kier alpha value is -4.39. The molecule has 0 spiro atoms. The van der Waals surface area contributed by atoms with Crippen LogP contribution in [0.2, 0.25) is 0 Å². The van der Waals surface area contributed by atoms with E-state index in [2.05, 4.69) is 16.0 Å². The van der Waals surface area contributed by atoms with E-state index in [-0.39, 0.29) is 35.5 Å². The number of piperidine rings is 1. The lowest BCUT2D eigenvalue weighted by atomic mass is 9.96. The average Bonchev–Trinajstić information content (AvgIpc) is 3.37. The van der Waals surface area contributed by atoms with E-state index in [0.717, 1.165) is 49.3 Å². The Labute approximate surface area is 236 Å². The Morgan fingerprint density at radius 2 is 1.80 bits per heavy atom. The summed E-state index contributed by atoms with van der Waals surface area (Å²) in [5.41, 5.74) is 2.88. The van der Waals surface area contributed by atoms with Gasteiger partial charge in [-0.1, -0.05) is 32.0 Å². The summed E-state index contributed by atoms with van der Waals surface area (Å²) < 4.78 is 47.3. The van der Waals surface area contributed by atoms with Crippen LogP contribution in [-0.2, 0) is 10.9 Å². The van der Waals surface area contributed by atoms with E-state index >= 15 is 0 Å². The molecule has 1 aliphatic rings. The third kappa shape index (κ3) is 5.62. The van der Waals surface area contributed by atoms with Gasteiger partial charge >= 0.3 is 12.1 Å². The molecule has 7 nitrogen and oxygen atoms in total. The van der Waals surface area contributed by atoms with Gasteiger partial charge in [0.25, 0.3) is 0 Å². The highest BCUT2D eigenvalue weighted by Gasteiger charge is 2.31. The van der Waals surface area contributed by atoms with Crippen LogP contribution in [0.25, 0.3) is 27.8 Å². The predicted octanol–water partition coefficient (Wildman–Crippen LogP) is 7.15. The van der Waals surface area contributed by atoms with E-state index in [1.165, 1.54) is 16.8 Å². The minimum absolute atomic E-state index is 0.0421. The molecular weight excluding hydrogens is 531 g/mol. The highest BCUT2D eigenvalue weighted by Crippen LogP contribution is 2.37. The van der Waals surface area contributed by atoms with E-state index in [9.17, 15) is 23.2 Å². The van der Waals surface area contributed by atoms with Crippen molar-refractivity contribution in [2.45, 2.75) is 45.7 Å². The number of benzene rings is 2. The number of anilines is 1. The fraction of sp³-hybridized carbons (Fsp3) is 0.355. The van der Waals surface area contributed by atoms with Crippen LogP contribution in [0.3, 0.4) is 0 Å². The molecule has 0 saturated carbocycles. The molecule has 1 fully saturated rings. The molecular formula is C31H30F3N5O2. The van der Waals surface area contributed by atoms with Crippen LogP contribution in [0.4, 0.5) is 18.9 Å². The number of aromatic nitrogens is 3. The summed E-state index contributed by atoms with van der Waals surface area (Å²) in [6.07, 6.45) is -2.89. The number of rotatable bonds is 6. The first-order valence-electron chi connectivity index (χ1n) is 13.6. The van der Waals surface area contributed by atoms with Crippen LogP contribution in [0.15, 0.2) is 54.6 Å². The summed E-state index contributed by atoms with van der Waals surface area (Å²) in [6, 6.07) is 16.8. The van der Waals surface area contributed by atoms with Gasteiger partial charge in [-0.3, -0.25) is 0 Å². The minimum atomic E-state index is -4.53. The van der Waals surface area contributed by atoms with Crippen molar-refractivity contribution in [3.63, 3.8) is 0 Å². The molecule has 1 saturated heterocycles. The highest BCUT2D eigenvalue weighted by atomic mass is 19.4. The summed E-state index contributed by atoms with van der Waals surface area (Å²) in [7, 11) is 0. The lowest BCUT2D eigenvalue weighted by Crippen LogP contribution is -2.33. The maximum Gasteiger partial charge on any atom is 0.416 e. The zero-order valence-electron chi connectivity index (χ0n) is 23.1. The maximum atomic E-state index is 13.6. The van der Waals surface area contributed by atoms with Gasteiger partial charge in [-0.05, 0) is 73.2 Å². The fourth-order valence-electron chi connectivity index (χ4n) is 5.20. The number of hydrogen-bond acceptors (Lipinski definition) is 6. The van der Waals surface area contributed by atoms with Crippen LogP contribution in [-0.4, -0.2) is 40.4 Å². The van der Waals surface area contributed by atoms with Crippen molar-refractivity contribution in [2.75, 3.05) is 24.6 Å². The molecule has 0 aliphatic carbocycles. The number of nitriles is 1. The topological polar surface area (TPSA) is 84.0 Å². The van der Waals surface area contributed by atoms with Crippen LogP contribution in [0.5, 0.6) is 0 Å². The smallest absolute Gasteiger partial charge is 0.416 e. The van der Waals surface area contributed by atoms with Gasteiger partial charge in [0, 0.05) is 24.7 Å². The summed E-state index contributed by atoms with van der Waals surface area (Å²) in [5.74, 6) is -0.630. The first-order valence-corrected chi connectivity index (χ1v) is 13.6. The molecule has 0 bridgehead atoms. The van der Waals surface area contributed by atoms with Crippen molar-refractivity contribution in [2.24, 2.45) is 5.92 Å². The fourth-order valence-corrected chi connectivity index (χ4v) is 5.20. The molecule has 2 aromatic heterocycles. The Kier molecular flexibility index (Phi) is 7.72. The number of carbonyl (C=O) groups is 1. The largest absolute Gasteiger partial charge is 0.461 e. The first-order chi connectivity index (χ1) is 19.6. The lowest BCUT2D eigenvalue weighted by molar-refractivity contribution is -0.137. The predicted molar refractivity (Wildman–Crippen MR) is 150 cm³/mol. The molecule has 0 amide bonds. The van der Waals surface area contributed by atoms with Crippen LogP contribution in [0, 0.1) is 17.2 Å². The van der Waals surface area contributed by atoms with Gasteiger partial charge in [-0.2, -0.15) is 23.5 Å². The van der Waals surface area contributed by atoms with Crippen molar-refractivity contribution in [1.29, 1.82) is 5.26 Å². The monoisotopic (exact) mass is 561 g/mol. The average molecular weight is 562 g/mol. The van der Waals surface area contributed by atoms with Crippen molar-refractivity contribution in [3.05, 3.63) is 71.5 Å². The third-order valence-electron chi connectivity index (χ3n) is 7.34. The van der Waals surface area contributed by atoms with E-state index in [1.54, 1.807) is 13.0 Å². The number of hydrogen-bond donors (Lipinski definition) is 0. The Bertz CT molecular complexity index is 1610. The van der Waals surface area contributed by atoms with Gasteiger partial charge in [-0.15, -0.1) is 0 Å². The SMILES string of the molecule is CCOC(=O)c1cc(-c2ccc(N3CCC(C#N)CC3)cc2)c2c(C(C)C)nn(-c3cccc(C(F)(F)F)c3)c2n1. The molecule has 0 N–H and O–H groups in total. The van der Waals surface area contributed by atoms with Gasteiger partial charge in [0.2, 0.25) is 0 Å². The molecule has 212 valence electrons. The number of ether oxygens (including phenoxy) is 1. The van der Waals surface area contributed by atoms with Gasteiger partial charge in [0.1, 0.15) is 0 Å². The van der Waals surface area contributed by atoms with Gasteiger partial charge < -0.3 is 9.64 Å². The molecule has 1 aliphatic heterocycles. The quantitative estimate of drug-likeness (QED) is 0.233. The zero-order chi connectivity index (χ0) is 29.3. The molecule has 4 aromatic rings. The van der Waals surface area contributed by atoms with Crippen molar-refractivity contribution >= 4 is 22.7 Å².